The molecule has 1 aromatic carbocycles. The molecule has 0 aliphatic heterocycles. The van der Waals surface area contributed by atoms with Crippen molar-refractivity contribution in [2.24, 2.45) is 5.92 Å². The largest absolute Gasteiger partial charge is 0.482 e. The van der Waals surface area contributed by atoms with Gasteiger partial charge in [0, 0.05) is 21.7 Å². The lowest BCUT2D eigenvalue weighted by Crippen LogP contribution is -2.32. The molecule has 0 bridgehead atoms. The van der Waals surface area contributed by atoms with E-state index in [9.17, 15) is 13.2 Å². The molecular formula is C13H17BrClNO4S. The van der Waals surface area contributed by atoms with Crippen LogP contribution in [-0.2, 0) is 13.8 Å². The normalized spacial score (nSPS) is 11.5. The molecule has 0 aliphatic carbocycles. The van der Waals surface area contributed by atoms with Crippen LogP contribution in [0.1, 0.15) is 19.4 Å². The Bertz CT molecular complexity index is 631. The zero-order valence-corrected chi connectivity index (χ0v) is 15.1. The van der Waals surface area contributed by atoms with Crippen LogP contribution in [0, 0.1) is 12.8 Å². The van der Waals surface area contributed by atoms with E-state index in [0.717, 1.165) is 0 Å². The molecule has 8 heteroatoms. The number of amides is 1. The summed E-state index contributed by atoms with van der Waals surface area (Å²) < 4.78 is 29.1. The summed E-state index contributed by atoms with van der Waals surface area (Å²) in [6.45, 7) is 5.88. The molecule has 0 saturated heterocycles. The first-order chi connectivity index (χ1) is 9.61. The summed E-state index contributed by atoms with van der Waals surface area (Å²) in [5, 5.41) is 2.69. The van der Waals surface area contributed by atoms with E-state index in [1.165, 1.54) is 6.07 Å². The second kappa shape index (κ2) is 7.47. The van der Waals surface area contributed by atoms with Gasteiger partial charge in [0.2, 0.25) is 0 Å². The highest BCUT2D eigenvalue weighted by Crippen LogP contribution is 2.33. The van der Waals surface area contributed by atoms with E-state index in [-0.39, 0.29) is 23.2 Å². The topological polar surface area (TPSA) is 72.5 Å². The highest BCUT2D eigenvalue weighted by Gasteiger charge is 2.20. The SMILES string of the molecule is Cc1cc(Br)cc(S(=O)(=O)Cl)c1OCC(=O)NCC(C)C. The van der Waals surface area contributed by atoms with Gasteiger partial charge in [0.25, 0.3) is 15.0 Å². The van der Waals surface area contributed by atoms with Crippen LogP contribution in [0.2, 0.25) is 0 Å². The fraction of sp³-hybridized carbons (Fsp3) is 0.462. The highest BCUT2D eigenvalue weighted by atomic mass is 79.9. The van der Waals surface area contributed by atoms with E-state index in [2.05, 4.69) is 21.2 Å². The van der Waals surface area contributed by atoms with Crippen LogP contribution in [-0.4, -0.2) is 27.5 Å². The third-order valence-corrected chi connectivity index (χ3v) is 4.31. The number of halogens is 2. The molecule has 0 spiro atoms. The first-order valence-electron chi connectivity index (χ1n) is 6.25. The van der Waals surface area contributed by atoms with Gasteiger partial charge in [0.15, 0.2) is 6.61 Å². The quantitative estimate of drug-likeness (QED) is 0.748. The molecule has 1 rings (SSSR count). The van der Waals surface area contributed by atoms with E-state index in [1.807, 2.05) is 13.8 Å². The van der Waals surface area contributed by atoms with Crippen LogP contribution in [0.3, 0.4) is 0 Å². The van der Waals surface area contributed by atoms with Gasteiger partial charge in [-0.1, -0.05) is 29.8 Å². The summed E-state index contributed by atoms with van der Waals surface area (Å²) in [6, 6.07) is 3.03. The number of ether oxygens (including phenoxy) is 1. The summed E-state index contributed by atoms with van der Waals surface area (Å²) >= 11 is 3.20. The molecule has 1 N–H and O–H groups in total. The van der Waals surface area contributed by atoms with Gasteiger partial charge in [-0.2, -0.15) is 0 Å². The second-order valence-corrected chi connectivity index (χ2v) is 8.42. The number of carbonyl (C=O) groups excluding carboxylic acids is 1. The van der Waals surface area contributed by atoms with E-state index in [1.54, 1.807) is 13.0 Å². The first kappa shape index (κ1) is 18.3. The van der Waals surface area contributed by atoms with Gasteiger partial charge in [0.05, 0.1) is 0 Å². The molecule has 0 atom stereocenters. The third-order valence-electron chi connectivity index (χ3n) is 2.52. The van der Waals surface area contributed by atoms with Crippen LogP contribution in [0.4, 0.5) is 0 Å². The van der Waals surface area contributed by atoms with Crippen molar-refractivity contribution in [1.29, 1.82) is 0 Å². The van der Waals surface area contributed by atoms with Crippen LogP contribution < -0.4 is 10.1 Å². The molecule has 21 heavy (non-hydrogen) atoms. The van der Waals surface area contributed by atoms with Crippen LogP contribution in [0.15, 0.2) is 21.5 Å². The van der Waals surface area contributed by atoms with Crippen molar-refractivity contribution < 1.29 is 17.9 Å². The summed E-state index contributed by atoms with van der Waals surface area (Å²) in [7, 11) is 1.43. The average Bonchev–Trinajstić information content (AvgIpc) is 2.33. The molecule has 0 aromatic heterocycles. The summed E-state index contributed by atoms with van der Waals surface area (Å²) in [6.07, 6.45) is 0. The predicted molar refractivity (Wildman–Crippen MR) is 85.3 cm³/mol. The molecule has 0 unspecified atom stereocenters. The Morgan fingerprint density at radius 3 is 2.57 bits per heavy atom. The molecule has 0 fully saturated rings. The lowest BCUT2D eigenvalue weighted by molar-refractivity contribution is -0.123. The Kier molecular flexibility index (Phi) is 6.49. The summed E-state index contributed by atoms with van der Waals surface area (Å²) in [4.78, 5) is 11.5. The molecular weight excluding hydrogens is 382 g/mol. The van der Waals surface area contributed by atoms with Gasteiger partial charge < -0.3 is 10.1 Å². The number of aryl methyl sites for hydroxylation is 1. The van der Waals surface area contributed by atoms with E-state index in [0.29, 0.717) is 22.5 Å². The van der Waals surface area contributed by atoms with Crippen molar-refractivity contribution in [3.05, 3.63) is 22.2 Å². The van der Waals surface area contributed by atoms with Gasteiger partial charge in [-0.25, -0.2) is 8.42 Å². The first-order valence-corrected chi connectivity index (χ1v) is 9.35. The van der Waals surface area contributed by atoms with Crippen LogP contribution in [0.5, 0.6) is 5.75 Å². The molecule has 1 amide bonds. The number of hydrogen-bond acceptors (Lipinski definition) is 4. The fourth-order valence-corrected chi connectivity index (χ4v) is 3.35. The zero-order chi connectivity index (χ0) is 16.2. The smallest absolute Gasteiger partial charge is 0.265 e. The summed E-state index contributed by atoms with van der Waals surface area (Å²) in [5.41, 5.74) is 0.570. The number of carbonyl (C=O) groups is 1. The molecule has 1 aromatic rings. The highest BCUT2D eigenvalue weighted by molar-refractivity contribution is 9.10. The fourth-order valence-electron chi connectivity index (χ4n) is 1.57. The standard InChI is InChI=1S/C13H17BrClNO4S/c1-8(2)6-16-12(17)7-20-13-9(3)4-10(14)5-11(13)21(15,18)19/h4-5,8H,6-7H2,1-3H3,(H,16,17). The zero-order valence-electron chi connectivity index (χ0n) is 11.9. The number of benzene rings is 1. The predicted octanol–water partition coefficient (Wildman–Crippen LogP) is 2.84. The van der Waals surface area contributed by atoms with Gasteiger partial charge in [-0.15, -0.1) is 0 Å². The number of nitrogens with one attached hydrogen (secondary N) is 1. The lowest BCUT2D eigenvalue weighted by Gasteiger charge is -2.13. The molecule has 0 radical (unpaired) electrons. The van der Waals surface area contributed by atoms with Crippen molar-refractivity contribution in [2.75, 3.05) is 13.2 Å². The Hall–Kier alpha value is -0.790. The van der Waals surface area contributed by atoms with Gasteiger partial charge in [0.1, 0.15) is 10.6 Å². The molecule has 5 nitrogen and oxygen atoms in total. The van der Waals surface area contributed by atoms with Crippen molar-refractivity contribution in [1.82, 2.24) is 5.32 Å². The molecule has 0 aliphatic rings. The molecule has 0 heterocycles. The van der Waals surface area contributed by atoms with Crippen LogP contribution in [0.25, 0.3) is 0 Å². The van der Waals surface area contributed by atoms with Crippen molar-refractivity contribution in [3.63, 3.8) is 0 Å². The maximum absolute atomic E-state index is 11.6. The number of rotatable bonds is 6. The van der Waals surface area contributed by atoms with E-state index < -0.39 is 9.05 Å². The molecule has 118 valence electrons. The Morgan fingerprint density at radius 2 is 2.05 bits per heavy atom. The van der Waals surface area contributed by atoms with Gasteiger partial charge >= 0.3 is 0 Å². The van der Waals surface area contributed by atoms with Crippen molar-refractivity contribution in [2.45, 2.75) is 25.7 Å². The Balaban J connectivity index is 2.91. The summed E-state index contributed by atoms with van der Waals surface area (Å²) in [5.74, 6) is 0.0963. The Labute approximate surface area is 137 Å². The maximum atomic E-state index is 11.6. The van der Waals surface area contributed by atoms with E-state index in [4.69, 9.17) is 15.4 Å². The monoisotopic (exact) mass is 397 g/mol. The Morgan fingerprint density at radius 1 is 1.43 bits per heavy atom. The lowest BCUT2D eigenvalue weighted by atomic mass is 10.2. The van der Waals surface area contributed by atoms with Gasteiger partial charge in [-0.05, 0) is 30.5 Å². The minimum absolute atomic E-state index is 0.0906. The number of hydrogen-bond donors (Lipinski definition) is 1. The van der Waals surface area contributed by atoms with Crippen molar-refractivity contribution in [3.8, 4) is 5.75 Å². The van der Waals surface area contributed by atoms with Crippen LogP contribution >= 0.6 is 26.6 Å². The molecule has 0 saturated carbocycles. The maximum Gasteiger partial charge on any atom is 0.265 e. The third kappa shape index (κ3) is 5.84. The minimum Gasteiger partial charge on any atom is -0.482 e. The average molecular weight is 399 g/mol. The second-order valence-electron chi connectivity index (χ2n) is 4.97. The van der Waals surface area contributed by atoms with Gasteiger partial charge in [-0.3, -0.25) is 4.79 Å². The van der Waals surface area contributed by atoms with E-state index >= 15 is 0 Å². The minimum atomic E-state index is -3.97. The van der Waals surface area contributed by atoms with Crippen molar-refractivity contribution >= 4 is 41.6 Å².